The molecule has 0 saturated heterocycles. The largest absolute Gasteiger partial charge is 0.415 e. The molecule has 1 aliphatic carbocycles. The van der Waals surface area contributed by atoms with Crippen molar-refractivity contribution >= 4 is 23.8 Å². The lowest BCUT2D eigenvalue weighted by molar-refractivity contribution is -0.106. The first-order valence-electron chi connectivity index (χ1n) is 10.4. The summed E-state index contributed by atoms with van der Waals surface area (Å²) in [6, 6.07) is 10.7. The number of anilines is 2. The molecular formula is C23H30F2N4O3. The highest BCUT2D eigenvalue weighted by atomic mass is 19.3. The number of pyridine rings is 1. The van der Waals surface area contributed by atoms with E-state index >= 15 is 0 Å². The molecule has 0 spiro atoms. The molecule has 0 atom stereocenters. The average molecular weight is 449 g/mol. The summed E-state index contributed by atoms with van der Waals surface area (Å²) in [5.74, 6) is 0.491. The van der Waals surface area contributed by atoms with Gasteiger partial charge in [-0.1, -0.05) is 39.0 Å². The second kappa shape index (κ2) is 11.4. The number of carbonyl (C=O) groups is 2. The number of aryl methyl sites for hydroxylation is 1. The number of rotatable bonds is 6. The number of aromatic nitrogens is 1. The van der Waals surface area contributed by atoms with Gasteiger partial charge < -0.3 is 15.8 Å². The van der Waals surface area contributed by atoms with Gasteiger partial charge in [0.2, 0.25) is 12.3 Å². The Hall–Kier alpha value is -3.23. The van der Waals surface area contributed by atoms with Crippen LogP contribution in [0.15, 0.2) is 36.4 Å². The lowest BCUT2D eigenvalue weighted by atomic mass is 9.80. The second-order valence-corrected chi connectivity index (χ2v) is 8.06. The van der Waals surface area contributed by atoms with Gasteiger partial charge in [-0.05, 0) is 55.4 Å². The molecule has 32 heavy (non-hydrogen) atoms. The third-order valence-electron chi connectivity index (χ3n) is 5.19. The molecule has 1 aromatic carbocycles. The standard InChI is InChI=1S/C22H27F2N3O2.CH3NO/c1-13(2)17-7-5-6-8-19(17)27(16-11-14(3)12-16)22(28)26-18-10-9-15(4)25-20(18)29-21(23)24;2-1-3/h5-10,13-14,16,21H,11-12H2,1-4H3,(H,26,28);1H,(H2,2,3). The summed E-state index contributed by atoms with van der Waals surface area (Å²) < 4.78 is 30.1. The van der Waals surface area contributed by atoms with Crippen molar-refractivity contribution in [1.82, 2.24) is 4.98 Å². The number of carbonyl (C=O) groups excluding carboxylic acids is 2. The fraction of sp³-hybridized carbons (Fsp3) is 0.435. The van der Waals surface area contributed by atoms with E-state index in [-0.39, 0.29) is 36.0 Å². The predicted octanol–water partition coefficient (Wildman–Crippen LogP) is 5.05. The van der Waals surface area contributed by atoms with E-state index in [1.807, 2.05) is 24.3 Å². The van der Waals surface area contributed by atoms with Gasteiger partial charge in [0, 0.05) is 17.4 Å². The zero-order valence-electron chi connectivity index (χ0n) is 18.7. The van der Waals surface area contributed by atoms with Crippen LogP contribution in [0.4, 0.5) is 25.0 Å². The number of benzene rings is 1. The first kappa shape index (κ1) is 25.0. The monoisotopic (exact) mass is 448 g/mol. The molecule has 1 fully saturated rings. The van der Waals surface area contributed by atoms with E-state index in [1.165, 1.54) is 6.07 Å². The van der Waals surface area contributed by atoms with Gasteiger partial charge in [0.05, 0.1) is 0 Å². The number of primary amides is 1. The van der Waals surface area contributed by atoms with Crippen molar-refractivity contribution in [3.63, 3.8) is 0 Å². The summed E-state index contributed by atoms with van der Waals surface area (Å²) in [7, 11) is 0. The summed E-state index contributed by atoms with van der Waals surface area (Å²) in [6.45, 7) is 4.96. The van der Waals surface area contributed by atoms with E-state index in [4.69, 9.17) is 4.79 Å². The van der Waals surface area contributed by atoms with Crippen LogP contribution >= 0.6 is 0 Å². The van der Waals surface area contributed by atoms with Crippen LogP contribution in [0.1, 0.15) is 50.8 Å². The number of hydrogen-bond donors (Lipinski definition) is 2. The molecule has 0 aliphatic heterocycles. The van der Waals surface area contributed by atoms with Gasteiger partial charge in [-0.3, -0.25) is 9.69 Å². The van der Waals surface area contributed by atoms with Crippen molar-refractivity contribution in [2.75, 3.05) is 10.2 Å². The van der Waals surface area contributed by atoms with Crippen LogP contribution in [0, 0.1) is 12.8 Å². The summed E-state index contributed by atoms with van der Waals surface area (Å²) in [6.07, 6.45) is 2.04. The molecule has 1 saturated carbocycles. The minimum absolute atomic E-state index is 0.0581. The highest BCUT2D eigenvalue weighted by Gasteiger charge is 2.36. The van der Waals surface area contributed by atoms with Crippen molar-refractivity contribution in [2.24, 2.45) is 11.7 Å². The van der Waals surface area contributed by atoms with Crippen LogP contribution in [0.3, 0.4) is 0 Å². The third-order valence-corrected chi connectivity index (χ3v) is 5.19. The summed E-state index contributed by atoms with van der Waals surface area (Å²) in [4.78, 5) is 27.6. The molecule has 3 rings (SSSR count). The van der Waals surface area contributed by atoms with E-state index in [0.717, 1.165) is 24.1 Å². The van der Waals surface area contributed by atoms with E-state index in [1.54, 1.807) is 17.9 Å². The number of ether oxygens (including phenoxy) is 1. The zero-order valence-corrected chi connectivity index (χ0v) is 18.7. The Labute approximate surface area is 187 Å². The van der Waals surface area contributed by atoms with Gasteiger partial charge in [0.25, 0.3) is 0 Å². The molecule has 7 nitrogen and oxygen atoms in total. The topological polar surface area (TPSA) is 97.6 Å². The summed E-state index contributed by atoms with van der Waals surface area (Å²) in [5, 5.41) is 2.74. The lowest BCUT2D eigenvalue weighted by Gasteiger charge is -2.42. The highest BCUT2D eigenvalue weighted by Crippen LogP contribution is 2.38. The second-order valence-electron chi connectivity index (χ2n) is 8.06. The van der Waals surface area contributed by atoms with E-state index in [9.17, 15) is 13.6 Å². The van der Waals surface area contributed by atoms with E-state index in [2.05, 4.69) is 41.5 Å². The first-order chi connectivity index (χ1) is 15.2. The number of nitrogens with zero attached hydrogens (tertiary/aromatic N) is 2. The normalized spacial score (nSPS) is 17.1. The van der Waals surface area contributed by atoms with Gasteiger partial charge in [-0.25, -0.2) is 9.78 Å². The van der Waals surface area contributed by atoms with Crippen molar-refractivity contribution in [2.45, 2.75) is 59.1 Å². The minimum Gasteiger partial charge on any atom is -0.415 e. The molecule has 3 amide bonds. The van der Waals surface area contributed by atoms with Gasteiger partial charge in [-0.15, -0.1) is 0 Å². The molecule has 1 heterocycles. The van der Waals surface area contributed by atoms with Crippen LogP contribution in [0.25, 0.3) is 0 Å². The van der Waals surface area contributed by atoms with Crippen molar-refractivity contribution in [1.29, 1.82) is 0 Å². The first-order valence-corrected chi connectivity index (χ1v) is 10.4. The SMILES string of the molecule is Cc1ccc(NC(=O)N(c2ccccc2C(C)C)C2CC(C)C2)c(OC(F)F)n1.NC=O. The number of nitrogens with two attached hydrogens (primary N) is 1. The number of nitrogens with one attached hydrogen (secondary N) is 1. The maximum absolute atomic E-state index is 13.3. The lowest BCUT2D eigenvalue weighted by Crippen LogP contribution is -2.49. The van der Waals surface area contributed by atoms with Crippen LogP contribution in [-0.2, 0) is 4.79 Å². The molecule has 0 unspecified atom stereocenters. The number of halogens is 2. The number of alkyl halides is 2. The van der Waals surface area contributed by atoms with Crippen LogP contribution in [0.5, 0.6) is 5.88 Å². The number of amides is 3. The maximum Gasteiger partial charge on any atom is 0.388 e. The molecule has 9 heteroatoms. The molecule has 3 N–H and O–H groups in total. The highest BCUT2D eigenvalue weighted by molar-refractivity contribution is 6.03. The van der Waals surface area contributed by atoms with Crippen LogP contribution in [0.2, 0.25) is 0 Å². The van der Waals surface area contributed by atoms with E-state index < -0.39 is 6.61 Å². The quantitative estimate of drug-likeness (QED) is 0.604. The predicted molar refractivity (Wildman–Crippen MR) is 120 cm³/mol. The summed E-state index contributed by atoms with van der Waals surface area (Å²) in [5.41, 5.74) is 6.72. The summed E-state index contributed by atoms with van der Waals surface area (Å²) >= 11 is 0. The van der Waals surface area contributed by atoms with Gasteiger partial charge >= 0.3 is 12.6 Å². The van der Waals surface area contributed by atoms with E-state index in [0.29, 0.717) is 11.6 Å². The maximum atomic E-state index is 13.3. The minimum atomic E-state index is -3.02. The van der Waals surface area contributed by atoms with Crippen LogP contribution in [-0.4, -0.2) is 30.1 Å². The third kappa shape index (κ3) is 6.38. The van der Waals surface area contributed by atoms with Gasteiger partial charge in [0.1, 0.15) is 5.69 Å². The number of urea groups is 1. The smallest absolute Gasteiger partial charge is 0.388 e. The molecule has 1 aromatic heterocycles. The Morgan fingerprint density at radius 2 is 1.88 bits per heavy atom. The number of para-hydroxylation sites is 1. The van der Waals surface area contributed by atoms with Gasteiger partial charge in [0.15, 0.2) is 0 Å². The van der Waals surface area contributed by atoms with Crippen molar-refractivity contribution in [3.8, 4) is 5.88 Å². The van der Waals surface area contributed by atoms with Crippen molar-refractivity contribution in [3.05, 3.63) is 47.7 Å². The Morgan fingerprint density at radius 1 is 1.25 bits per heavy atom. The fourth-order valence-corrected chi connectivity index (χ4v) is 3.72. The molecule has 0 radical (unpaired) electrons. The Morgan fingerprint density at radius 3 is 2.44 bits per heavy atom. The van der Waals surface area contributed by atoms with Crippen molar-refractivity contribution < 1.29 is 23.1 Å². The fourth-order valence-electron chi connectivity index (χ4n) is 3.72. The van der Waals surface area contributed by atoms with Gasteiger partial charge in [-0.2, -0.15) is 8.78 Å². The van der Waals surface area contributed by atoms with Crippen LogP contribution < -0.4 is 20.7 Å². The molecule has 1 aliphatic rings. The average Bonchev–Trinajstić information content (AvgIpc) is 2.69. The Bertz CT molecular complexity index is 918. The Kier molecular flexibility index (Phi) is 8.92. The molecule has 2 aromatic rings. The molecular weight excluding hydrogens is 418 g/mol. The number of hydrogen-bond acceptors (Lipinski definition) is 4. The zero-order chi connectivity index (χ0) is 23.8. The molecule has 0 bridgehead atoms. The molecule has 174 valence electrons. The Balaban J connectivity index is 0.00000114.